The molecule has 0 bridgehead atoms. The molecule has 0 saturated heterocycles. The molecule has 2 N–H and O–H groups in total. The van der Waals surface area contributed by atoms with Gasteiger partial charge in [-0.3, -0.25) is 4.99 Å². The Balaban J connectivity index is 2.07. The summed E-state index contributed by atoms with van der Waals surface area (Å²) in [6.07, 6.45) is 0. The molecule has 4 nitrogen and oxygen atoms in total. The summed E-state index contributed by atoms with van der Waals surface area (Å²) < 4.78 is 14.3. The predicted octanol–water partition coefficient (Wildman–Crippen LogP) is 3.17. The molecule has 0 aliphatic carbocycles. The van der Waals surface area contributed by atoms with Crippen LogP contribution in [0.2, 0.25) is 0 Å². The minimum atomic E-state index is -0.340. The Labute approximate surface area is 132 Å². The van der Waals surface area contributed by atoms with Gasteiger partial charge in [0.05, 0.1) is 17.8 Å². The molecule has 3 aromatic rings. The van der Waals surface area contributed by atoms with Gasteiger partial charge in [0, 0.05) is 11.1 Å². The fraction of sp³-hybridized carbons (Fsp3) is 0.0556. The molecule has 1 aliphatic rings. The molecule has 2 aromatic carbocycles. The molecule has 0 spiro atoms. The molecule has 0 fully saturated rings. The van der Waals surface area contributed by atoms with Gasteiger partial charge in [0.25, 0.3) is 0 Å². The molecule has 0 radical (unpaired) electrons. The van der Waals surface area contributed by atoms with E-state index in [4.69, 9.17) is 5.73 Å². The van der Waals surface area contributed by atoms with Gasteiger partial charge < -0.3 is 5.73 Å². The van der Waals surface area contributed by atoms with Gasteiger partial charge in [-0.1, -0.05) is 42.5 Å². The van der Waals surface area contributed by atoms with Gasteiger partial charge in [-0.05, 0) is 17.7 Å². The molecular formula is C18H13FN4. The highest BCUT2D eigenvalue weighted by Crippen LogP contribution is 2.36. The van der Waals surface area contributed by atoms with E-state index in [1.807, 2.05) is 30.3 Å². The lowest BCUT2D eigenvalue weighted by atomic mass is 9.94. The van der Waals surface area contributed by atoms with Crippen molar-refractivity contribution in [3.8, 4) is 22.4 Å². The summed E-state index contributed by atoms with van der Waals surface area (Å²) in [5, 5.41) is 8.48. The lowest BCUT2D eigenvalue weighted by Crippen LogP contribution is -2.14. The van der Waals surface area contributed by atoms with Crippen molar-refractivity contribution in [2.75, 3.05) is 0 Å². The monoisotopic (exact) mass is 304 g/mol. The second kappa shape index (κ2) is 5.28. The first-order valence-electron chi connectivity index (χ1n) is 7.26. The fourth-order valence-electron chi connectivity index (χ4n) is 2.83. The van der Waals surface area contributed by atoms with Crippen LogP contribution < -0.4 is 5.73 Å². The van der Waals surface area contributed by atoms with Gasteiger partial charge in [0.2, 0.25) is 0 Å². The quantitative estimate of drug-likeness (QED) is 0.791. The highest BCUT2D eigenvalue weighted by molar-refractivity contribution is 6.08. The fourth-order valence-corrected chi connectivity index (χ4v) is 2.83. The van der Waals surface area contributed by atoms with Gasteiger partial charge in [-0.15, -0.1) is 5.10 Å². The van der Waals surface area contributed by atoms with E-state index in [-0.39, 0.29) is 5.82 Å². The summed E-state index contributed by atoms with van der Waals surface area (Å²) in [6.45, 7) is 0.408. The number of hydrogen-bond donors (Lipinski definition) is 1. The molecular weight excluding hydrogens is 291 g/mol. The van der Waals surface area contributed by atoms with E-state index in [1.165, 1.54) is 6.07 Å². The number of halogens is 1. The Morgan fingerprint density at radius 1 is 0.870 bits per heavy atom. The average molecular weight is 304 g/mol. The zero-order valence-electron chi connectivity index (χ0n) is 12.2. The first kappa shape index (κ1) is 13.6. The largest absolute Gasteiger partial charge is 0.383 e. The lowest BCUT2D eigenvalue weighted by molar-refractivity contribution is 0.630. The maximum Gasteiger partial charge on any atom is 0.132 e. The van der Waals surface area contributed by atoms with Gasteiger partial charge in [-0.2, -0.15) is 5.10 Å². The second-order valence-corrected chi connectivity index (χ2v) is 5.29. The van der Waals surface area contributed by atoms with Crippen LogP contribution in [0.3, 0.4) is 0 Å². The molecule has 112 valence electrons. The Kier molecular flexibility index (Phi) is 3.12. The van der Waals surface area contributed by atoms with Crippen molar-refractivity contribution in [2.45, 2.75) is 6.54 Å². The van der Waals surface area contributed by atoms with Crippen molar-refractivity contribution < 1.29 is 4.39 Å². The van der Waals surface area contributed by atoms with E-state index in [0.29, 0.717) is 23.6 Å². The zero-order valence-corrected chi connectivity index (χ0v) is 12.2. The molecule has 2 heterocycles. The lowest BCUT2D eigenvalue weighted by Gasteiger charge is -2.13. The Hall–Kier alpha value is -3.08. The van der Waals surface area contributed by atoms with Crippen molar-refractivity contribution in [3.63, 3.8) is 0 Å². The standard InChI is InChI=1S/C18H13FN4/c19-13-9-5-4-8-12(13)17-15(11-6-2-1-3-7-11)16-14(22-23-17)10-21-18(16)20/h1-9H,10H2,(H2,20,21). The molecule has 0 atom stereocenters. The van der Waals surface area contributed by atoms with E-state index in [9.17, 15) is 4.39 Å². The summed E-state index contributed by atoms with van der Waals surface area (Å²) in [4.78, 5) is 4.25. The highest BCUT2D eigenvalue weighted by Gasteiger charge is 2.25. The molecule has 0 saturated carbocycles. The Morgan fingerprint density at radius 2 is 1.61 bits per heavy atom. The number of fused-ring (bicyclic) bond motifs is 1. The smallest absolute Gasteiger partial charge is 0.132 e. The maximum atomic E-state index is 14.3. The summed E-state index contributed by atoms with van der Waals surface area (Å²) >= 11 is 0. The van der Waals surface area contributed by atoms with E-state index < -0.39 is 0 Å². The summed E-state index contributed by atoms with van der Waals surface area (Å²) in [5.74, 6) is 0.0822. The first-order valence-corrected chi connectivity index (χ1v) is 7.26. The average Bonchev–Trinajstić information content (AvgIpc) is 2.97. The second-order valence-electron chi connectivity index (χ2n) is 5.29. The predicted molar refractivity (Wildman–Crippen MR) is 87.3 cm³/mol. The van der Waals surface area contributed by atoms with Crippen molar-refractivity contribution >= 4 is 5.84 Å². The summed E-state index contributed by atoms with van der Waals surface area (Å²) in [6, 6.07) is 16.2. The van der Waals surface area contributed by atoms with Crippen LogP contribution in [-0.4, -0.2) is 16.0 Å². The Morgan fingerprint density at radius 3 is 2.39 bits per heavy atom. The van der Waals surface area contributed by atoms with Gasteiger partial charge >= 0.3 is 0 Å². The van der Waals surface area contributed by atoms with Gasteiger partial charge in [0.1, 0.15) is 17.3 Å². The number of amidine groups is 1. The number of nitrogens with zero attached hydrogens (tertiary/aromatic N) is 3. The molecule has 0 unspecified atom stereocenters. The van der Waals surface area contributed by atoms with Crippen LogP contribution in [0, 0.1) is 5.82 Å². The molecule has 0 amide bonds. The van der Waals surface area contributed by atoms with Crippen LogP contribution in [0.5, 0.6) is 0 Å². The zero-order chi connectivity index (χ0) is 15.8. The minimum absolute atomic E-state index is 0.340. The third-order valence-corrected chi connectivity index (χ3v) is 3.89. The van der Waals surface area contributed by atoms with E-state index in [0.717, 1.165) is 22.4 Å². The number of aromatic nitrogens is 2. The van der Waals surface area contributed by atoms with Crippen LogP contribution in [0.1, 0.15) is 11.3 Å². The van der Waals surface area contributed by atoms with Crippen molar-refractivity contribution in [1.29, 1.82) is 0 Å². The van der Waals surface area contributed by atoms with Crippen molar-refractivity contribution in [2.24, 2.45) is 10.7 Å². The Bertz CT molecular complexity index is 920. The highest BCUT2D eigenvalue weighted by atomic mass is 19.1. The molecule has 5 heteroatoms. The molecule has 4 rings (SSSR count). The van der Waals surface area contributed by atoms with Gasteiger partial charge in [0.15, 0.2) is 0 Å². The third kappa shape index (κ3) is 2.17. The van der Waals surface area contributed by atoms with Crippen LogP contribution in [-0.2, 0) is 6.54 Å². The van der Waals surface area contributed by atoms with Crippen LogP contribution in [0.4, 0.5) is 4.39 Å². The summed E-state index contributed by atoms with van der Waals surface area (Å²) in [7, 11) is 0. The van der Waals surface area contributed by atoms with E-state index >= 15 is 0 Å². The molecule has 1 aromatic heterocycles. The van der Waals surface area contributed by atoms with Crippen LogP contribution in [0.15, 0.2) is 59.6 Å². The first-order chi connectivity index (χ1) is 11.3. The molecule has 1 aliphatic heterocycles. The van der Waals surface area contributed by atoms with E-state index in [2.05, 4.69) is 15.2 Å². The van der Waals surface area contributed by atoms with Crippen molar-refractivity contribution in [3.05, 3.63) is 71.7 Å². The molecule has 23 heavy (non-hydrogen) atoms. The number of aliphatic imine (C=N–C) groups is 1. The van der Waals surface area contributed by atoms with Gasteiger partial charge in [-0.25, -0.2) is 4.39 Å². The van der Waals surface area contributed by atoms with E-state index in [1.54, 1.807) is 18.2 Å². The third-order valence-electron chi connectivity index (χ3n) is 3.89. The number of nitrogens with two attached hydrogens (primary N) is 1. The normalized spacial score (nSPS) is 12.8. The minimum Gasteiger partial charge on any atom is -0.383 e. The topological polar surface area (TPSA) is 64.2 Å². The maximum absolute atomic E-state index is 14.3. The number of rotatable bonds is 2. The van der Waals surface area contributed by atoms with Crippen molar-refractivity contribution in [1.82, 2.24) is 10.2 Å². The number of benzene rings is 2. The summed E-state index contributed by atoms with van der Waals surface area (Å²) in [5.41, 5.74) is 10.1. The SMILES string of the molecule is NC1=NCc2nnc(-c3ccccc3F)c(-c3ccccc3)c21. The van der Waals surface area contributed by atoms with Crippen LogP contribution >= 0.6 is 0 Å². The van der Waals surface area contributed by atoms with Crippen LogP contribution in [0.25, 0.3) is 22.4 Å². The number of hydrogen-bond acceptors (Lipinski definition) is 4.